The molecular weight excluding hydrogens is 298 g/mol. The van der Waals surface area contributed by atoms with Crippen molar-refractivity contribution in [1.82, 2.24) is 4.31 Å². The molecule has 1 atom stereocenters. The van der Waals surface area contributed by atoms with Crippen LogP contribution in [0.5, 0.6) is 5.75 Å². The van der Waals surface area contributed by atoms with Crippen molar-refractivity contribution in [1.29, 1.82) is 0 Å². The molecule has 21 heavy (non-hydrogen) atoms. The number of ether oxygens (including phenoxy) is 2. The lowest BCUT2D eigenvalue weighted by Crippen LogP contribution is -2.52. The molecule has 0 saturated carbocycles. The van der Waals surface area contributed by atoms with E-state index in [4.69, 9.17) is 14.6 Å². The Balaban J connectivity index is 2.29. The van der Waals surface area contributed by atoms with Crippen LogP contribution in [0.3, 0.4) is 0 Å². The Bertz CT molecular complexity index is 598. The summed E-state index contributed by atoms with van der Waals surface area (Å²) in [4.78, 5) is 11.2. The molecule has 2 rings (SSSR count). The van der Waals surface area contributed by atoms with Gasteiger partial charge in [-0.3, -0.25) is 4.79 Å². The zero-order valence-corrected chi connectivity index (χ0v) is 12.4. The van der Waals surface area contributed by atoms with Gasteiger partial charge in [-0.25, -0.2) is 8.42 Å². The highest BCUT2D eigenvalue weighted by molar-refractivity contribution is 7.89. The first kappa shape index (κ1) is 15.7. The van der Waals surface area contributed by atoms with Crippen molar-refractivity contribution in [2.24, 2.45) is 0 Å². The number of aliphatic carboxylic acids is 1. The molecule has 1 aromatic carbocycles. The van der Waals surface area contributed by atoms with Gasteiger partial charge in [-0.15, -0.1) is 0 Å². The number of morpholine rings is 1. The molecule has 116 valence electrons. The van der Waals surface area contributed by atoms with Crippen LogP contribution in [0.15, 0.2) is 29.2 Å². The largest absolute Gasteiger partial charge is 0.494 e. The smallest absolute Gasteiger partial charge is 0.324 e. The van der Waals surface area contributed by atoms with Crippen LogP contribution in [0.1, 0.15) is 6.92 Å². The minimum absolute atomic E-state index is 0.0203. The first-order chi connectivity index (χ1) is 9.96. The van der Waals surface area contributed by atoms with Gasteiger partial charge in [-0.1, -0.05) is 0 Å². The Labute approximate surface area is 123 Å². The van der Waals surface area contributed by atoms with Crippen LogP contribution in [-0.4, -0.2) is 56.2 Å². The van der Waals surface area contributed by atoms with Crippen molar-refractivity contribution < 1.29 is 27.8 Å². The Kier molecular flexibility index (Phi) is 4.81. The highest BCUT2D eigenvalue weighted by Gasteiger charge is 2.38. The highest BCUT2D eigenvalue weighted by Crippen LogP contribution is 2.23. The molecule has 0 bridgehead atoms. The second-order valence-electron chi connectivity index (χ2n) is 4.45. The summed E-state index contributed by atoms with van der Waals surface area (Å²) in [5.74, 6) is -0.655. The van der Waals surface area contributed by atoms with Crippen LogP contribution in [-0.2, 0) is 19.6 Å². The molecule has 1 unspecified atom stereocenters. The number of hydrogen-bond acceptors (Lipinski definition) is 5. The average Bonchev–Trinajstić information content (AvgIpc) is 2.48. The van der Waals surface area contributed by atoms with E-state index in [1.54, 1.807) is 12.1 Å². The maximum Gasteiger partial charge on any atom is 0.324 e. The fraction of sp³-hybridized carbons (Fsp3) is 0.462. The number of rotatable bonds is 5. The summed E-state index contributed by atoms with van der Waals surface area (Å²) in [6.45, 7) is 2.37. The summed E-state index contributed by atoms with van der Waals surface area (Å²) >= 11 is 0. The van der Waals surface area contributed by atoms with Crippen LogP contribution in [0.2, 0.25) is 0 Å². The molecule has 1 heterocycles. The lowest BCUT2D eigenvalue weighted by Gasteiger charge is -2.31. The summed E-state index contributed by atoms with van der Waals surface area (Å²) in [6.07, 6.45) is 0. The molecular formula is C13H17NO6S. The SMILES string of the molecule is CCOc1ccc(S(=O)(=O)N2CCOCC2C(=O)O)cc1. The summed E-state index contributed by atoms with van der Waals surface area (Å²) < 4.78 is 36.3. The summed E-state index contributed by atoms with van der Waals surface area (Å²) in [5.41, 5.74) is 0. The van der Waals surface area contributed by atoms with E-state index in [-0.39, 0.29) is 24.7 Å². The van der Waals surface area contributed by atoms with E-state index in [1.807, 2.05) is 6.92 Å². The highest BCUT2D eigenvalue weighted by atomic mass is 32.2. The normalized spacial score (nSPS) is 20.1. The van der Waals surface area contributed by atoms with Gasteiger partial charge in [0.2, 0.25) is 10.0 Å². The molecule has 7 nitrogen and oxygen atoms in total. The van der Waals surface area contributed by atoms with Crippen molar-refractivity contribution in [3.8, 4) is 5.75 Å². The Morgan fingerprint density at radius 1 is 1.43 bits per heavy atom. The zero-order chi connectivity index (χ0) is 15.5. The van der Waals surface area contributed by atoms with E-state index < -0.39 is 22.0 Å². The molecule has 0 amide bonds. The fourth-order valence-corrected chi connectivity index (χ4v) is 3.63. The molecule has 1 fully saturated rings. The van der Waals surface area contributed by atoms with E-state index in [0.29, 0.717) is 12.4 Å². The number of benzene rings is 1. The van der Waals surface area contributed by atoms with Gasteiger partial charge in [0.05, 0.1) is 24.7 Å². The molecule has 1 saturated heterocycles. The second kappa shape index (κ2) is 6.42. The fourth-order valence-electron chi connectivity index (χ4n) is 2.08. The Morgan fingerprint density at radius 3 is 2.67 bits per heavy atom. The third kappa shape index (κ3) is 3.34. The first-order valence-corrected chi connectivity index (χ1v) is 7.96. The van der Waals surface area contributed by atoms with Gasteiger partial charge in [0, 0.05) is 6.54 Å². The molecule has 0 spiro atoms. The predicted octanol–water partition coefficient (Wildman–Crippen LogP) is 0.559. The second-order valence-corrected chi connectivity index (χ2v) is 6.34. The van der Waals surface area contributed by atoms with Gasteiger partial charge in [0.1, 0.15) is 11.8 Å². The van der Waals surface area contributed by atoms with Crippen molar-refractivity contribution >= 4 is 16.0 Å². The Hall–Kier alpha value is -1.64. The van der Waals surface area contributed by atoms with Crippen LogP contribution in [0.25, 0.3) is 0 Å². The van der Waals surface area contributed by atoms with Crippen LogP contribution in [0.4, 0.5) is 0 Å². The third-order valence-electron chi connectivity index (χ3n) is 3.11. The lowest BCUT2D eigenvalue weighted by molar-refractivity contribution is -0.146. The van der Waals surface area contributed by atoms with E-state index >= 15 is 0 Å². The number of nitrogens with zero attached hydrogens (tertiary/aromatic N) is 1. The molecule has 1 aliphatic heterocycles. The zero-order valence-electron chi connectivity index (χ0n) is 11.6. The van der Waals surface area contributed by atoms with Crippen LogP contribution in [0, 0.1) is 0 Å². The van der Waals surface area contributed by atoms with E-state index in [9.17, 15) is 13.2 Å². The maximum atomic E-state index is 12.5. The molecule has 8 heteroatoms. The van der Waals surface area contributed by atoms with Crippen molar-refractivity contribution in [3.05, 3.63) is 24.3 Å². The number of carboxylic acids is 1. The standard InChI is InChI=1S/C13H17NO6S/c1-2-20-10-3-5-11(6-4-10)21(17,18)14-7-8-19-9-12(14)13(15)16/h3-6,12H,2,7-9H2,1H3,(H,15,16). The van der Waals surface area contributed by atoms with Gasteiger partial charge in [0.25, 0.3) is 0 Å². The number of carboxylic acid groups (broad SMARTS) is 1. The molecule has 0 radical (unpaired) electrons. The quantitative estimate of drug-likeness (QED) is 0.853. The number of carbonyl (C=O) groups is 1. The molecule has 1 aliphatic rings. The van der Waals surface area contributed by atoms with Gasteiger partial charge < -0.3 is 14.6 Å². The third-order valence-corrected chi connectivity index (χ3v) is 5.03. The number of hydrogen-bond donors (Lipinski definition) is 1. The average molecular weight is 315 g/mol. The molecule has 0 aromatic heterocycles. The van der Waals surface area contributed by atoms with E-state index in [2.05, 4.69) is 0 Å². The predicted molar refractivity (Wildman–Crippen MR) is 73.7 cm³/mol. The summed E-state index contributed by atoms with van der Waals surface area (Å²) in [6, 6.07) is 4.72. The number of sulfonamides is 1. The minimum atomic E-state index is -3.87. The van der Waals surface area contributed by atoms with Crippen molar-refractivity contribution in [2.75, 3.05) is 26.4 Å². The molecule has 0 aliphatic carbocycles. The van der Waals surface area contributed by atoms with Gasteiger partial charge >= 0.3 is 5.97 Å². The molecule has 1 aromatic rings. The maximum absolute atomic E-state index is 12.5. The minimum Gasteiger partial charge on any atom is -0.494 e. The van der Waals surface area contributed by atoms with Gasteiger partial charge in [-0.05, 0) is 31.2 Å². The van der Waals surface area contributed by atoms with Gasteiger partial charge in [0.15, 0.2) is 0 Å². The van der Waals surface area contributed by atoms with E-state index in [1.165, 1.54) is 12.1 Å². The van der Waals surface area contributed by atoms with Crippen molar-refractivity contribution in [3.63, 3.8) is 0 Å². The Morgan fingerprint density at radius 2 is 2.10 bits per heavy atom. The van der Waals surface area contributed by atoms with Crippen LogP contribution < -0.4 is 4.74 Å². The monoisotopic (exact) mass is 315 g/mol. The summed E-state index contributed by atoms with van der Waals surface area (Å²) in [7, 11) is -3.87. The first-order valence-electron chi connectivity index (χ1n) is 6.52. The topological polar surface area (TPSA) is 93.1 Å². The van der Waals surface area contributed by atoms with Crippen molar-refractivity contribution in [2.45, 2.75) is 17.9 Å². The summed E-state index contributed by atoms with van der Waals surface area (Å²) in [5, 5.41) is 9.13. The molecule has 1 N–H and O–H groups in total. The van der Waals surface area contributed by atoms with Gasteiger partial charge in [-0.2, -0.15) is 4.31 Å². The van der Waals surface area contributed by atoms with E-state index in [0.717, 1.165) is 4.31 Å². The van der Waals surface area contributed by atoms with Crippen LogP contribution >= 0.6 is 0 Å². The lowest BCUT2D eigenvalue weighted by atomic mass is 10.3.